The fourth-order valence-electron chi connectivity index (χ4n) is 3.07. The van der Waals surface area contributed by atoms with Crippen LogP contribution in [0.5, 0.6) is 0 Å². The number of halogens is 3. The van der Waals surface area contributed by atoms with Crippen molar-refractivity contribution in [1.29, 1.82) is 0 Å². The smallest absolute Gasteiger partial charge is 0.226 e. The lowest BCUT2D eigenvalue weighted by molar-refractivity contribution is -0.116. The van der Waals surface area contributed by atoms with E-state index in [0.717, 1.165) is 18.2 Å². The maximum absolute atomic E-state index is 14.2. The number of carbonyl (C=O) groups is 1. The molecule has 0 bridgehead atoms. The van der Waals surface area contributed by atoms with Gasteiger partial charge in [-0.25, -0.2) is 18.2 Å². The molecule has 1 aliphatic rings. The first-order valence-corrected chi connectivity index (χ1v) is 7.61. The van der Waals surface area contributed by atoms with Crippen molar-refractivity contribution in [3.63, 3.8) is 0 Å². The Labute approximate surface area is 140 Å². The van der Waals surface area contributed by atoms with Crippen molar-refractivity contribution in [3.8, 4) is 5.69 Å². The first kappa shape index (κ1) is 15.4. The molecule has 0 spiro atoms. The molecule has 0 saturated carbocycles. The Bertz CT molecular complexity index is 983. The highest BCUT2D eigenvalue weighted by molar-refractivity contribution is 5.94. The summed E-state index contributed by atoms with van der Waals surface area (Å²) in [7, 11) is 0. The summed E-state index contributed by atoms with van der Waals surface area (Å²) < 4.78 is 43.0. The number of amides is 1. The molecule has 0 saturated heterocycles. The van der Waals surface area contributed by atoms with E-state index in [9.17, 15) is 18.0 Å². The van der Waals surface area contributed by atoms with Gasteiger partial charge in [0.25, 0.3) is 0 Å². The number of fused-ring (bicyclic) bond motifs is 1. The molecule has 4 nitrogen and oxygen atoms in total. The van der Waals surface area contributed by atoms with Crippen LogP contribution in [0.15, 0.2) is 48.8 Å². The topological polar surface area (TPSA) is 46.9 Å². The van der Waals surface area contributed by atoms with Gasteiger partial charge in [0.15, 0.2) is 0 Å². The lowest BCUT2D eigenvalue weighted by Gasteiger charge is -2.23. The highest BCUT2D eigenvalue weighted by Crippen LogP contribution is 2.38. The van der Waals surface area contributed by atoms with Crippen LogP contribution in [0.3, 0.4) is 0 Å². The van der Waals surface area contributed by atoms with Gasteiger partial charge in [-0.1, -0.05) is 18.2 Å². The Balaban J connectivity index is 1.88. The summed E-state index contributed by atoms with van der Waals surface area (Å²) in [5.41, 5.74) is 0.667. The minimum atomic E-state index is -0.663. The van der Waals surface area contributed by atoms with Gasteiger partial charge in [0.1, 0.15) is 29.6 Å². The van der Waals surface area contributed by atoms with Crippen LogP contribution in [0.25, 0.3) is 5.69 Å². The van der Waals surface area contributed by atoms with E-state index in [1.54, 1.807) is 18.2 Å². The van der Waals surface area contributed by atoms with Crippen molar-refractivity contribution in [2.45, 2.75) is 12.3 Å². The highest BCUT2D eigenvalue weighted by atomic mass is 19.1. The van der Waals surface area contributed by atoms with E-state index >= 15 is 0 Å². The number of rotatable bonds is 2. The summed E-state index contributed by atoms with van der Waals surface area (Å²) >= 11 is 0. The molecule has 1 aromatic heterocycles. The number of hydrogen-bond donors (Lipinski definition) is 1. The molecule has 3 aromatic rings. The highest BCUT2D eigenvalue weighted by Gasteiger charge is 2.32. The maximum Gasteiger partial charge on any atom is 0.226 e. The van der Waals surface area contributed by atoms with E-state index in [1.165, 1.54) is 17.0 Å². The van der Waals surface area contributed by atoms with Crippen LogP contribution >= 0.6 is 0 Å². The number of nitrogens with zero attached hydrogens (tertiary/aromatic N) is 2. The van der Waals surface area contributed by atoms with Crippen molar-refractivity contribution >= 4 is 11.7 Å². The second-order valence-electron chi connectivity index (χ2n) is 5.77. The fourth-order valence-corrected chi connectivity index (χ4v) is 3.07. The van der Waals surface area contributed by atoms with Gasteiger partial charge in [0, 0.05) is 18.4 Å². The SMILES string of the molecule is O=C1CC(c2ccccc2F)c2ncn(-c3cc(F)ccc3F)c2N1. The molecule has 1 unspecified atom stereocenters. The molecule has 1 aliphatic heterocycles. The van der Waals surface area contributed by atoms with Crippen molar-refractivity contribution < 1.29 is 18.0 Å². The Morgan fingerprint density at radius 3 is 2.68 bits per heavy atom. The van der Waals surface area contributed by atoms with Crippen LogP contribution < -0.4 is 5.32 Å². The molecule has 7 heteroatoms. The predicted molar refractivity (Wildman–Crippen MR) is 85.0 cm³/mol. The minimum Gasteiger partial charge on any atom is -0.310 e. The lowest BCUT2D eigenvalue weighted by Crippen LogP contribution is -2.25. The molecule has 25 heavy (non-hydrogen) atoms. The van der Waals surface area contributed by atoms with E-state index in [0.29, 0.717) is 11.3 Å². The first-order valence-electron chi connectivity index (χ1n) is 7.61. The zero-order valence-electron chi connectivity index (χ0n) is 12.8. The second kappa shape index (κ2) is 5.77. The van der Waals surface area contributed by atoms with Gasteiger partial charge in [-0.3, -0.25) is 9.36 Å². The number of hydrogen-bond acceptors (Lipinski definition) is 2. The third kappa shape index (κ3) is 2.57. The summed E-state index contributed by atoms with van der Waals surface area (Å²) in [6, 6.07) is 9.14. The first-order chi connectivity index (χ1) is 12.0. The molecule has 1 atom stereocenters. The standard InChI is InChI=1S/C18H12F3N3O/c19-10-5-6-14(21)15(7-10)24-9-22-17-12(8-16(25)23-18(17)24)11-3-1-2-4-13(11)20/h1-7,9,12H,8H2,(H,23,25). The molecule has 0 radical (unpaired) electrons. The van der Waals surface area contributed by atoms with Gasteiger partial charge in [-0.15, -0.1) is 0 Å². The van der Waals surface area contributed by atoms with Gasteiger partial charge >= 0.3 is 0 Å². The van der Waals surface area contributed by atoms with E-state index < -0.39 is 23.4 Å². The van der Waals surface area contributed by atoms with Crippen LogP contribution in [0.1, 0.15) is 23.6 Å². The number of nitrogens with one attached hydrogen (secondary N) is 1. The Hall–Kier alpha value is -3.09. The number of aromatic nitrogens is 2. The molecular formula is C18H12F3N3O. The zero-order valence-corrected chi connectivity index (χ0v) is 12.8. The van der Waals surface area contributed by atoms with Gasteiger partial charge < -0.3 is 5.32 Å². The minimum absolute atomic E-state index is 0.0244. The number of imidazole rings is 1. The predicted octanol–water partition coefficient (Wildman–Crippen LogP) is 3.76. The third-order valence-corrected chi connectivity index (χ3v) is 4.22. The Morgan fingerprint density at radius 2 is 1.88 bits per heavy atom. The van der Waals surface area contributed by atoms with Gasteiger partial charge in [-0.05, 0) is 23.8 Å². The van der Waals surface area contributed by atoms with Crippen LogP contribution in [-0.4, -0.2) is 15.5 Å². The average Bonchev–Trinajstić information content (AvgIpc) is 3.00. The number of benzene rings is 2. The van der Waals surface area contributed by atoms with Crippen molar-refractivity contribution in [3.05, 3.63) is 77.5 Å². The molecule has 2 heterocycles. The summed E-state index contributed by atoms with van der Waals surface area (Å²) in [5.74, 6) is -2.45. The Kier molecular flexibility index (Phi) is 3.56. The van der Waals surface area contributed by atoms with Gasteiger partial charge in [0.2, 0.25) is 5.91 Å². The van der Waals surface area contributed by atoms with Crippen LogP contribution in [-0.2, 0) is 4.79 Å². The molecular weight excluding hydrogens is 331 g/mol. The quantitative estimate of drug-likeness (QED) is 0.770. The molecule has 1 N–H and O–H groups in total. The van der Waals surface area contributed by atoms with Crippen molar-refractivity contribution in [1.82, 2.24) is 9.55 Å². The molecule has 0 aliphatic carbocycles. The average molecular weight is 343 g/mol. The summed E-state index contributed by atoms with van der Waals surface area (Å²) in [6.45, 7) is 0. The zero-order chi connectivity index (χ0) is 17.6. The Morgan fingerprint density at radius 1 is 1.08 bits per heavy atom. The van der Waals surface area contributed by atoms with Crippen LogP contribution in [0.4, 0.5) is 19.0 Å². The molecule has 1 amide bonds. The van der Waals surface area contributed by atoms with E-state index in [4.69, 9.17) is 0 Å². The normalized spacial score (nSPS) is 16.4. The number of carbonyl (C=O) groups excluding carboxylic acids is 1. The molecule has 4 rings (SSSR count). The third-order valence-electron chi connectivity index (χ3n) is 4.22. The summed E-state index contributed by atoms with van der Waals surface area (Å²) in [4.78, 5) is 16.3. The second-order valence-corrected chi connectivity index (χ2v) is 5.77. The van der Waals surface area contributed by atoms with Crippen molar-refractivity contribution in [2.75, 3.05) is 5.32 Å². The van der Waals surface area contributed by atoms with E-state index in [-0.39, 0.29) is 23.8 Å². The monoisotopic (exact) mass is 343 g/mol. The summed E-state index contributed by atoms with van der Waals surface area (Å²) in [6.07, 6.45) is 1.32. The molecule has 2 aromatic carbocycles. The van der Waals surface area contributed by atoms with Gasteiger partial charge in [-0.2, -0.15) is 0 Å². The van der Waals surface area contributed by atoms with Crippen molar-refractivity contribution in [2.24, 2.45) is 0 Å². The summed E-state index contributed by atoms with van der Waals surface area (Å²) in [5, 5.41) is 2.62. The lowest BCUT2D eigenvalue weighted by atomic mass is 9.89. The fraction of sp³-hybridized carbons (Fsp3) is 0.111. The maximum atomic E-state index is 14.2. The molecule has 0 fully saturated rings. The molecule has 126 valence electrons. The van der Waals surface area contributed by atoms with Gasteiger partial charge in [0.05, 0.1) is 11.4 Å². The van der Waals surface area contributed by atoms with E-state index in [1.807, 2.05) is 0 Å². The van der Waals surface area contributed by atoms with E-state index in [2.05, 4.69) is 10.3 Å². The van der Waals surface area contributed by atoms with Crippen LogP contribution in [0.2, 0.25) is 0 Å². The largest absolute Gasteiger partial charge is 0.310 e. The van der Waals surface area contributed by atoms with Crippen LogP contribution in [0, 0.1) is 17.5 Å². The number of anilines is 1.